The lowest BCUT2D eigenvalue weighted by Crippen LogP contribution is -2.39. The highest BCUT2D eigenvalue weighted by Crippen LogP contribution is 2.25. The Morgan fingerprint density at radius 2 is 2.00 bits per heavy atom. The summed E-state index contributed by atoms with van der Waals surface area (Å²) < 4.78 is 5.72. The number of rotatable bonds is 2. The second-order valence-electron chi connectivity index (χ2n) is 4.20. The van der Waals surface area contributed by atoms with E-state index in [9.17, 15) is 0 Å². The molecule has 0 bridgehead atoms. The maximum Gasteiger partial charge on any atom is 0.147 e. The Balaban J connectivity index is 1.81. The minimum absolute atomic E-state index is 0.190. The van der Waals surface area contributed by atoms with Crippen LogP contribution in [0.25, 0.3) is 0 Å². The van der Waals surface area contributed by atoms with Crippen molar-refractivity contribution in [3.05, 3.63) is 36.7 Å². The molecular weight excluding hydrogens is 244 g/mol. The highest BCUT2D eigenvalue weighted by Gasteiger charge is 2.25. The highest BCUT2D eigenvalue weighted by molar-refractivity contribution is 5.40. The molecule has 1 saturated heterocycles. The second-order valence-corrected chi connectivity index (χ2v) is 4.20. The predicted molar refractivity (Wildman–Crippen MR) is 69.4 cm³/mol. The Bertz CT molecular complexity index is 549. The van der Waals surface area contributed by atoms with Crippen molar-refractivity contribution in [3.63, 3.8) is 0 Å². The van der Waals surface area contributed by atoms with E-state index in [0.29, 0.717) is 24.7 Å². The van der Waals surface area contributed by atoms with Gasteiger partial charge in [-0.2, -0.15) is 0 Å². The van der Waals surface area contributed by atoms with Gasteiger partial charge >= 0.3 is 0 Å². The van der Waals surface area contributed by atoms with Gasteiger partial charge in [-0.3, -0.25) is 9.97 Å². The molecule has 2 N–H and O–H groups in total. The normalized spacial score (nSPS) is 19.4. The van der Waals surface area contributed by atoms with Crippen LogP contribution in [0.1, 0.15) is 11.8 Å². The van der Waals surface area contributed by atoms with Gasteiger partial charge in [-0.25, -0.2) is 9.97 Å². The molecule has 0 aromatic carbocycles. The largest absolute Gasteiger partial charge is 0.382 e. The fourth-order valence-corrected chi connectivity index (χ4v) is 2.08. The Labute approximate surface area is 110 Å². The van der Waals surface area contributed by atoms with E-state index in [0.717, 1.165) is 12.4 Å². The molecule has 2 aromatic rings. The molecule has 3 heterocycles. The van der Waals surface area contributed by atoms with E-state index in [4.69, 9.17) is 10.5 Å². The van der Waals surface area contributed by atoms with E-state index >= 15 is 0 Å². The van der Waals surface area contributed by atoms with Gasteiger partial charge in [0.2, 0.25) is 0 Å². The van der Waals surface area contributed by atoms with Crippen LogP contribution < -0.4 is 10.6 Å². The summed E-state index contributed by atoms with van der Waals surface area (Å²) in [6, 6.07) is 0. The zero-order valence-electron chi connectivity index (χ0n) is 10.3. The SMILES string of the molecule is Nc1nccnc1C1CN(c2cnccn2)CCO1. The van der Waals surface area contributed by atoms with E-state index in [-0.39, 0.29) is 6.10 Å². The minimum Gasteiger partial charge on any atom is -0.382 e. The average Bonchev–Trinajstić information content (AvgIpc) is 2.49. The third-order valence-electron chi connectivity index (χ3n) is 3.00. The number of aromatic nitrogens is 4. The summed E-state index contributed by atoms with van der Waals surface area (Å²) in [6.07, 6.45) is 8.07. The number of ether oxygens (including phenoxy) is 1. The molecule has 1 atom stereocenters. The van der Waals surface area contributed by atoms with E-state index in [1.165, 1.54) is 0 Å². The molecule has 3 rings (SSSR count). The molecule has 7 nitrogen and oxygen atoms in total. The predicted octanol–water partition coefficient (Wildman–Crippen LogP) is 0.427. The first-order valence-corrected chi connectivity index (χ1v) is 6.03. The van der Waals surface area contributed by atoms with Gasteiger partial charge in [0.05, 0.1) is 19.3 Å². The van der Waals surface area contributed by atoms with Gasteiger partial charge in [0, 0.05) is 31.3 Å². The van der Waals surface area contributed by atoms with Gasteiger partial charge in [0.1, 0.15) is 23.4 Å². The van der Waals surface area contributed by atoms with E-state index in [1.807, 2.05) is 0 Å². The number of nitrogens with two attached hydrogens (primary N) is 1. The topological polar surface area (TPSA) is 90.1 Å². The zero-order valence-corrected chi connectivity index (χ0v) is 10.3. The van der Waals surface area contributed by atoms with Crippen LogP contribution in [0.4, 0.5) is 11.6 Å². The maximum atomic E-state index is 5.84. The molecular formula is C12H14N6O. The molecule has 0 aliphatic carbocycles. The van der Waals surface area contributed by atoms with Crippen LogP contribution in [0, 0.1) is 0 Å². The first-order chi connectivity index (χ1) is 9.34. The maximum absolute atomic E-state index is 5.84. The van der Waals surface area contributed by atoms with E-state index in [2.05, 4.69) is 24.8 Å². The van der Waals surface area contributed by atoms with Crippen LogP contribution in [0.2, 0.25) is 0 Å². The molecule has 2 aromatic heterocycles. The van der Waals surface area contributed by atoms with E-state index in [1.54, 1.807) is 31.0 Å². The molecule has 1 aliphatic heterocycles. The van der Waals surface area contributed by atoms with Crippen molar-refractivity contribution in [3.8, 4) is 0 Å². The zero-order chi connectivity index (χ0) is 13.1. The summed E-state index contributed by atoms with van der Waals surface area (Å²) in [6.45, 7) is 2.01. The van der Waals surface area contributed by atoms with Crippen molar-refractivity contribution in [2.24, 2.45) is 0 Å². The molecule has 7 heteroatoms. The summed E-state index contributed by atoms with van der Waals surface area (Å²) >= 11 is 0. The monoisotopic (exact) mass is 258 g/mol. The Kier molecular flexibility index (Phi) is 3.20. The van der Waals surface area contributed by atoms with Gasteiger partial charge in [-0.1, -0.05) is 0 Å². The van der Waals surface area contributed by atoms with Crippen LogP contribution in [0.5, 0.6) is 0 Å². The minimum atomic E-state index is -0.190. The lowest BCUT2D eigenvalue weighted by atomic mass is 10.2. The number of hydrogen-bond donors (Lipinski definition) is 1. The molecule has 0 saturated carbocycles. The number of nitrogens with zero attached hydrogens (tertiary/aromatic N) is 5. The summed E-state index contributed by atoms with van der Waals surface area (Å²) in [5.41, 5.74) is 6.51. The molecule has 19 heavy (non-hydrogen) atoms. The van der Waals surface area contributed by atoms with Crippen molar-refractivity contribution in [2.75, 3.05) is 30.3 Å². The third-order valence-corrected chi connectivity index (χ3v) is 3.00. The lowest BCUT2D eigenvalue weighted by Gasteiger charge is -2.33. The van der Waals surface area contributed by atoms with Crippen molar-refractivity contribution in [2.45, 2.75) is 6.10 Å². The quantitative estimate of drug-likeness (QED) is 0.835. The first-order valence-electron chi connectivity index (χ1n) is 6.03. The van der Waals surface area contributed by atoms with E-state index < -0.39 is 0 Å². The molecule has 0 amide bonds. The van der Waals surface area contributed by atoms with Crippen LogP contribution in [0.15, 0.2) is 31.0 Å². The second kappa shape index (κ2) is 5.15. The standard InChI is InChI=1S/C12H14N6O/c13-12-11(16-3-4-17-12)9-8-18(5-6-19-9)10-7-14-1-2-15-10/h1-4,7,9H,5-6,8H2,(H2,13,17). The van der Waals surface area contributed by atoms with Crippen LogP contribution >= 0.6 is 0 Å². The van der Waals surface area contributed by atoms with Gasteiger partial charge in [-0.05, 0) is 0 Å². The van der Waals surface area contributed by atoms with Gasteiger partial charge < -0.3 is 15.4 Å². The van der Waals surface area contributed by atoms with Gasteiger partial charge in [-0.15, -0.1) is 0 Å². The third kappa shape index (κ3) is 2.45. The van der Waals surface area contributed by atoms with Gasteiger partial charge in [0.15, 0.2) is 0 Å². The number of anilines is 2. The first kappa shape index (κ1) is 11.8. The van der Waals surface area contributed by atoms with Crippen LogP contribution in [-0.2, 0) is 4.74 Å². The fraction of sp³-hybridized carbons (Fsp3) is 0.333. The summed E-state index contributed by atoms with van der Waals surface area (Å²) in [7, 11) is 0. The Hall–Kier alpha value is -2.28. The van der Waals surface area contributed by atoms with Crippen molar-refractivity contribution < 1.29 is 4.74 Å². The summed E-state index contributed by atoms with van der Waals surface area (Å²) in [4.78, 5) is 18.8. The molecule has 1 unspecified atom stereocenters. The van der Waals surface area contributed by atoms with Crippen LogP contribution in [0.3, 0.4) is 0 Å². The van der Waals surface area contributed by atoms with Gasteiger partial charge in [0.25, 0.3) is 0 Å². The average molecular weight is 258 g/mol. The number of hydrogen-bond acceptors (Lipinski definition) is 7. The number of morpholine rings is 1. The summed E-state index contributed by atoms with van der Waals surface area (Å²) in [5.74, 6) is 1.24. The molecule has 98 valence electrons. The molecule has 1 aliphatic rings. The number of nitrogen functional groups attached to an aromatic ring is 1. The van der Waals surface area contributed by atoms with Crippen molar-refractivity contribution >= 4 is 11.6 Å². The highest BCUT2D eigenvalue weighted by atomic mass is 16.5. The lowest BCUT2D eigenvalue weighted by molar-refractivity contribution is 0.0370. The van der Waals surface area contributed by atoms with Crippen molar-refractivity contribution in [1.82, 2.24) is 19.9 Å². The summed E-state index contributed by atoms with van der Waals surface area (Å²) in [5, 5.41) is 0. The molecule has 0 spiro atoms. The Morgan fingerprint density at radius 3 is 2.79 bits per heavy atom. The van der Waals surface area contributed by atoms with Crippen LogP contribution in [-0.4, -0.2) is 39.6 Å². The van der Waals surface area contributed by atoms with Crippen molar-refractivity contribution in [1.29, 1.82) is 0 Å². The molecule has 0 radical (unpaired) electrons. The Morgan fingerprint density at radius 1 is 1.16 bits per heavy atom. The smallest absolute Gasteiger partial charge is 0.147 e. The fourth-order valence-electron chi connectivity index (χ4n) is 2.08. The molecule has 1 fully saturated rings.